The van der Waals surface area contributed by atoms with Crippen LogP contribution in [0.15, 0.2) is 24.3 Å². The zero-order valence-electron chi connectivity index (χ0n) is 12.1. The second-order valence-corrected chi connectivity index (χ2v) is 6.61. The number of H-pyrrole nitrogens is 1. The van der Waals surface area contributed by atoms with Crippen LogP contribution in [-0.4, -0.2) is 9.97 Å². The molecule has 0 spiro atoms. The number of benzene rings is 1. The first kappa shape index (κ1) is 13.5. The second kappa shape index (κ2) is 4.52. The molecule has 106 valence electrons. The molecule has 0 amide bonds. The first-order chi connectivity index (χ1) is 9.45. The topological polar surface area (TPSA) is 54.7 Å². The summed E-state index contributed by atoms with van der Waals surface area (Å²) in [4.78, 5) is 7.70. The van der Waals surface area contributed by atoms with Gasteiger partial charge in [0.1, 0.15) is 0 Å². The molecule has 1 fully saturated rings. The number of hydrogen-bond donors (Lipinski definition) is 2. The maximum absolute atomic E-state index is 6.12. The molecule has 0 radical (unpaired) electrons. The van der Waals surface area contributed by atoms with Gasteiger partial charge in [-0.25, -0.2) is 4.98 Å². The van der Waals surface area contributed by atoms with Crippen molar-refractivity contribution in [2.24, 2.45) is 5.41 Å². The first-order valence-corrected chi connectivity index (χ1v) is 7.42. The number of nitrogen functional groups attached to an aromatic ring is 1. The van der Waals surface area contributed by atoms with Crippen molar-refractivity contribution in [3.05, 3.63) is 46.2 Å². The van der Waals surface area contributed by atoms with Gasteiger partial charge >= 0.3 is 0 Å². The number of nitrogens with one attached hydrogen (secondary N) is 1. The standard InChI is InChI=1S/C16H20ClN3/c1-4-11-14(20-15(18)19-11)13-12(16(13,2)3)9-6-5-7-10(17)8-9/h5-8,12-13H,4H2,1-3H3,(H3,18,19,20)/t12-,13+/m1/s1. The summed E-state index contributed by atoms with van der Waals surface area (Å²) in [7, 11) is 0. The number of halogens is 1. The van der Waals surface area contributed by atoms with Crippen molar-refractivity contribution in [2.45, 2.75) is 39.0 Å². The minimum absolute atomic E-state index is 0.191. The molecule has 2 aromatic rings. The Labute approximate surface area is 124 Å². The van der Waals surface area contributed by atoms with Gasteiger partial charge in [-0.15, -0.1) is 0 Å². The van der Waals surface area contributed by atoms with E-state index in [0.717, 1.165) is 22.8 Å². The van der Waals surface area contributed by atoms with E-state index in [-0.39, 0.29) is 5.41 Å². The van der Waals surface area contributed by atoms with Gasteiger partial charge in [-0.2, -0.15) is 0 Å². The Morgan fingerprint density at radius 1 is 1.35 bits per heavy atom. The Balaban J connectivity index is 1.99. The molecule has 3 rings (SSSR count). The van der Waals surface area contributed by atoms with Gasteiger partial charge in [0.25, 0.3) is 0 Å². The minimum Gasteiger partial charge on any atom is -0.369 e. The van der Waals surface area contributed by atoms with Crippen molar-refractivity contribution >= 4 is 17.5 Å². The van der Waals surface area contributed by atoms with Crippen LogP contribution in [0.25, 0.3) is 0 Å². The minimum atomic E-state index is 0.191. The van der Waals surface area contributed by atoms with Gasteiger partial charge in [-0.3, -0.25) is 0 Å². The van der Waals surface area contributed by atoms with E-state index in [0.29, 0.717) is 17.8 Å². The second-order valence-electron chi connectivity index (χ2n) is 6.17. The number of aromatic nitrogens is 2. The van der Waals surface area contributed by atoms with Gasteiger partial charge in [0.05, 0.1) is 5.69 Å². The van der Waals surface area contributed by atoms with Crippen molar-refractivity contribution in [3.8, 4) is 0 Å². The van der Waals surface area contributed by atoms with E-state index in [1.807, 2.05) is 12.1 Å². The lowest BCUT2D eigenvalue weighted by molar-refractivity contribution is 0.597. The molecule has 3 N–H and O–H groups in total. The van der Waals surface area contributed by atoms with E-state index in [4.69, 9.17) is 17.3 Å². The lowest BCUT2D eigenvalue weighted by atomic mass is 10.0. The van der Waals surface area contributed by atoms with E-state index in [2.05, 4.69) is 42.9 Å². The average Bonchev–Trinajstić information content (AvgIpc) is 2.75. The zero-order chi connectivity index (χ0) is 14.5. The molecule has 3 nitrogen and oxygen atoms in total. The molecule has 1 aliphatic carbocycles. The SMILES string of the molecule is CCc1[nH]c(N)nc1[C@@H]1[C@@H](c2cccc(Cl)c2)C1(C)C. The summed E-state index contributed by atoms with van der Waals surface area (Å²) in [5, 5.41) is 0.793. The Morgan fingerprint density at radius 3 is 2.75 bits per heavy atom. The molecular formula is C16H20ClN3. The van der Waals surface area contributed by atoms with Crippen LogP contribution in [0, 0.1) is 5.41 Å². The van der Waals surface area contributed by atoms with Crippen LogP contribution in [0.3, 0.4) is 0 Å². The Bertz CT molecular complexity index is 645. The van der Waals surface area contributed by atoms with Crippen molar-refractivity contribution < 1.29 is 0 Å². The molecular weight excluding hydrogens is 270 g/mol. The Morgan fingerprint density at radius 2 is 2.10 bits per heavy atom. The highest BCUT2D eigenvalue weighted by Crippen LogP contribution is 2.70. The number of nitrogens with two attached hydrogens (primary N) is 1. The number of nitrogens with zero attached hydrogens (tertiary/aromatic N) is 1. The normalized spacial score (nSPS) is 23.8. The van der Waals surface area contributed by atoms with E-state index < -0.39 is 0 Å². The Hall–Kier alpha value is -1.48. The molecule has 2 atom stereocenters. The van der Waals surface area contributed by atoms with Crippen LogP contribution >= 0.6 is 11.6 Å². The maximum Gasteiger partial charge on any atom is 0.197 e. The number of imidazole rings is 1. The van der Waals surface area contributed by atoms with Crippen LogP contribution in [-0.2, 0) is 6.42 Å². The third kappa shape index (κ3) is 2.01. The number of anilines is 1. The molecule has 0 bridgehead atoms. The Kier molecular flexibility index (Phi) is 3.05. The average molecular weight is 290 g/mol. The molecule has 1 aromatic carbocycles. The molecule has 20 heavy (non-hydrogen) atoms. The third-order valence-corrected chi connectivity index (χ3v) is 4.75. The molecule has 4 heteroatoms. The highest BCUT2D eigenvalue weighted by molar-refractivity contribution is 6.30. The fourth-order valence-electron chi connectivity index (χ4n) is 3.44. The van der Waals surface area contributed by atoms with E-state index in [1.54, 1.807) is 0 Å². The molecule has 1 aromatic heterocycles. The molecule has 0 unspecified atom stereocenters. The first-order valence-electron chi connectivity index (χ1n) is 7.04. The van der Waals surface area contributed by atoms with E-state index >= 15 is 0 Å². The summed E-state index contributed by atoms with van der Waals surface area (Å²) < 4.78 is 0. The molecule has 0 saturated heterocycles. The van der Waals surface area contributed by atoms with Crippen LogP contribution in [0.2, 0.25) is 5.02 Å². The summed E-state index contributed by atoms with van der Waals surface area (Å²) in [6.07, 6.45) is 0.925. The lowest BCUT2D eigenvalue weighted by Crippen LogP contribution is -1.94. The molecule has 1 aliphatic rings. The maximum atomic E-state index is 6.12. The van der Waals surface area contributed by atoms with Crippen molar-refractivity contribution in [2.75, 3.05) is 5.73 Å². The summed E-state index contributed by atoms with van der Waals surface area (Å²) in [6, 6.07) is 8.15. The van der Waals surface area contributed by atoms with Gasteiger partial charge in [0, 0.05) is 16.6 Å². The molecule has 1 heterocycles. The zero-order valence-corrected chi connectivity index (χ0v) is 12.8. The summed E-state index contributed by atoms with van der Waals surface area (Å²) in [5.41, 5.74) is 9.59. The van der Waals surface area contributed by atoms with Gasteiger partial charge in [-0.05, 0) is 35.4 Å². The smallest absolute Gasteiger partial charge is 0.197 e. The van der Waals surface area contributed by atoms with Gasteiger partial charge < -0.3 is 10.7 Å². The number of hydrogen-bond acceptors (Lipinski definition) is 2. The van der Waals surface area contributed by atoms with Crippen molar-refractivity contribution in [1.29, 1.82) is 0 Å². The van der Waals surface area contributed by atoms with Crippen LogP contribution in [0.5, 0.6) is 0 Å². The van der Waals surface area contributed by atoms with Crippen LogP contribution in [0.1, 0.15) is 49.6 Å². The van der Waals surface area contributed by atoms with Gasteiger partial charge in [0.2, 0.25) is 0 Å². The monoisotopic (exact) mass is 289 g/mol. The molecule has 1 saturated carbocycles. The molecule has 0 aliphatic heterocycles. The van der Waals surface area contributed by atoms with Crippen LogP contribution < -0.4 is 5.73 Å². The fourth-order valence-corrected chi connectivity index (χ4v) is 3.64. The predicted octanol–water partition coefficient (Wildman–Crippen LogP) is 4.11. The predicted molar refractivity (Wildman–Crippen MR) is 83.1 cm³/mol. The summed E-state index contributed by atoms with van der Waals surface area (Å²) >= 11 is 6.12. The summed E-state index contributed by atoms with van der Waals surface area (Å²) in [6.45, 7) is 6.70. The number of aromatic amines is 1. The van der Waals surface area contributed by atoms with E-state index in [9.17, 15) is 0 Å². The quantitative estimate of drug-likeness (QED) is 0.893. The van der Waals surface area contributed by atoms with Crippen molar-refractivity contribution in [3.63, 3.8) is 0 Å². The lowest BCUT2D eigenvalue weighted by Gasteiger charge is -2.02. The highest BCUT2D eigenvalue weighted by Gasteiger charge is 2.60. The largest absolute Gasteiger partial charge is 0.369 e. The fraction of sp³-hybridized carbons (Fsp3) is 0.438. The van der Waals surface area contributed by atoms with Gasteiger partial charge in [-0.1, -0.05) is 44.5 Å². The highest BCUT2D eigenvalue weighted by atomic mass is 35.5. The van der Waals surface area contributed by atoms with Gasteiger partial charge in [0.15, 0.2) is 5.95 Å². The summed E-state index contributed by atoms with van der Waals surface area (Å²) in [5.74, 6) is 1.38. The van der Waals surface area contributed by atoms with Crippen molar-refractivity contribution in [1.82, 2.24) is 9.97 Å². The number of aryl methyl sites for hydroxylation is 1. The number of rotatable bonds is 3. The third-order valence-electron chi connectivity index (χ3n) is 4.51. The van der Waals surface area contributed by atoms with Crippen LogP contribution in [0.4, 0.5) is 5.95 Å². The van der Waals surface area contributed by atoms with E-state index in [1.165, 1.54) is 5.56 Å².